The molecular formula is C22H22N4O. The Hall–Kier alpha value is -3.34. The SMILES string of the molecule is COc1ccc(-n2nc3ccc(NCCCc4ccccc4)cc3n2)cc1. The second-order valence-electron chi connectivity index (χ2n) is 6.41. The van der Waals surface area contributed by atoms with Crippen LogP contribution in [0.4, 0.5) is 5.69 Å². The van der Waals surface area contributed by atoms with Gasteiger partial charge in [0.15, 0.2) is 0 Å². The topological polar surface area (TPSA) is 52.0 Å². The molecule has 3 aromatic carbocycles. The van der Waals surface area contributed by atoms with Gasteiger partial charge in [-0.1, -0.05) is 30.3 Å². The number of rotatable bonds is 7. The molecule has 136 valence electrons. The van der Waals surface area contributed by atoms with Gasteiger partial charge in [0, 0.05) is 12.2 Å². The molecule has 0 unspecified atom stereocenters. The molecule has 5 heteroatoms. The molecule has 0 aliphatic carbocycles. The molecule has 4 aromatic rings. The first-order chi connectivity index (χ1) is 13.3. The Morgan fingerprint density at radius 2 is 1.67 bits per heavy atom. The summed E-state index contributed by atoms with van der Waals surface area (Å²) in [4.78, 5) is 1.66. The summed E-state index contributed by atoms with van der Waals surface area (Å²) in [5, 5.41) is 12.6. The van der Waals surface area contributed by atoms with Crippen LogP contribution < -0.4 is 10.1 Å². The largest absolute Gasteiger partial charge is 0.497 e. The fourth-order valence-corrected chi connectivity index (χ4v) is 3.03. The molecule has 4 rings (SSSR count). The van der Waals surface area contributed by atoms with Gasteiger partial charge in [-0.3, -0.25) is 0 Å². The Morgan fingerprint density at radius 3 is 2.44 bits per heavy atom. The van der Waals surface area contributed by atoms with Crippen molar-refractivity contribution >= 4 is 16.7 Å². The standard InChI is InChI=1S/C22H22N4O/c1-27-20-12-10-19(11-13-20)26-24-21-14-9-18(16-22(21)25-26)23-15-5-8-17-6-3-2-4-7-17/h2-4,6-7,9-14,16,23H,5,8,15H2,1H3. The Morgan fingerprint density at radius 1 is 0.889 bits per heavy atom. The molecule has 0 bridgehead atoms. The predicted molar refractivity (Wildman–Crippen MR) is 109 cm³/mol. The Labute approximate surface area is 158 Å². The molecule has 0 saturated carbocycles. The van der Waals surface area contributed by atoms with Gasteiger partial charge in [-0.05, 0) is 60.9 Å². The predicted octanol–water partition coefficient (Wildman–Crippen LogP) is 4.47. The Bertz CT molecular complexity index is 1010. The first-order valence-electron chi connectivity index (χ1n) is 9.11. The summed E-state index contributed by atoms with van der Waals surface area (Å²) in [7, 11) is 1.66. The van der Waals surface area contributed by atoms with Gasteiger partial charge in [-0.2, -0.15) is 4.80 Å². The lowest BCUT2D eigenvalue weighted by Crippen LogP contribution is -2.02. The number of benzene rings is 3. The van der Waals surface area contributed by atoms with E-state index >= 15 is 0 Å². The van der Waals surface area contributed by atoms with E-state index in [1.54, 1.807) is 11.9 Å². The highest BCUT2D eigenvalue weighted by Crippen LogP contribution is 2.19. The van der Waals surface area contributed by atoms with Crippen molar-refractivity contribution in [2.45, 2.75) is 12.8 Å². The average Bonchev–Trinajstić information content (AvgIpc) is 3.15. The average molecular weight is 358 g/mol. The minimum absolute atomic E-state index is 0.817. The van der Waals surface area contributed by atoms with Gasteiger partial charge in [-0.15, -0.1) is 10.2 Å². The van der Waals surface area contributed by atoms with Gasteiger partial charge in [0.1, 0.15) is 16.8 Å². The minimum atomic E-state index is 0.817. The molecule has 1 aromatic heterocycles. The van der Waals surface area contributed by atoms with Crippen molar-refractivity contribution in [2.24, 2.45) is 0 Å². The molecule has 27 heavy (non-hydrogen) atoms. The van der Waals surface area contributed by atoms with Crippen molar-refractivity contribution in [3.05, 3.63) is 78.4 Å². The fourth-order valence-electron chi connectivity index (χ4n) is 3.03. The normalized spacial score (nSPS) is 10.9. The van der Waals surface area contributed by atoms with Crippen LogP contribution in [-0.4, -0.2) is 28.6 Å². The number of aromatic nitrogens is 3. The zero-order valence-corrected chi connectivity index (χ0v) is 15.3. The summed E-state index contributed by atoms with van der Waals surface area (Å²) in [5.74, 6) is 0.817. The molecule has 0 fully saturated rings. The van der Waals surface area contributed by atoms with Gasteiger partial charge in [-0.25, -0.2) is 0 Å². The van der Waals surface area contributed by atoms with E-state index in [1.807, 2.05) is 36.4 Å². The smallest absolute Gasteiger partial charge is 0.119 e. The van der Waals surface area contributed by atoms with Crippen LogP contribution in [0.15, 0.2) is 72.8 Å². The monoisotopic (exact) mass is 358 g/mol. The summed E-state index contributed by atoms with van der Waals surface area (Å²) in [6, 6.07) is 24.4. The van der Waals surface area contributed by atoms with Crippen molar-refractivity contribution < 1.29 is 4.74 Å². The van der Waals surface area contributed by atoms with Crippen LogP contribution in [0.25, 0.3) is 16.7 Å². The molecule has 5 nitrogen and oxygen atoms in total. The van der Waals surface area contributed by atoms with Crippen LogP contribution in [-0.2, 0) is 6.42 Å². The van der Waals surface area contributed by atoms with E-state index in [0.717, 1.165) is 47.5 Å². The van der Waals surface area contributed by atoms with Crippen LogP contribution in [0.3, 0.4) is 0 Å². The maximum absolute atomic E-state index is 5.20. The lowest BCUT2D eigenvalue weighted by molar-refractivity contribution is 0.414. The van der Waals surface area contributed by atoms with Gasteiger partial charge in [0.25, 0.3) is 0 Å². The molecular weight excluding hydrogens is 336 g/mol. The Balaban J connectivity index is 1.41. The van der Waals surface area contributed by atoms with E-state index in [-0.39, 0.29) is 0 Å². The number of methoxy groups -OCH3 is 1. The molecule has 0 aliphatic rings. The zero-order chi connectivity index (χ0) is 18.5. The number of nitrogens with zero attached hydrogens (tertiary/aromatic N) is 3. The van der Waals surface area contributed by atoms with Crippen molar-refractivity contribution in [1.82, 2.24) is 15.0 Å². The van der Waals surface area contributed by atoms with Gasteiger partial charge in [0.05, 0.1) is 12.8 Å². The highest BCUT2D eigenvalue weighted by molar-refractivity contribution is 5.78. The second-order valence-corrected chi connectivity index (χ2v) is 6.41. The summed E-state index contributed by atoms with van der Waals surface area (Å²) < 4.78 is 5.20. The lowest BCUT2D eigenvalue weighted by Gasteiger charge is -2.06. The number of fused-ring (bicyclic) bond motifs is 1. The first-order valence-corrected chi connectivity index (χ1v) is 9.11. The number of anilines is 1. The molecule has 0 radical (unpaired) electrons. The third-order valence-corrected chi connectivity index (χ3v) is 4.50. The van der Waals surface area contributed by atoms with E-state index in [2.05, 4.69) is 51.9 Å². The van der Waals surface area contributed by atoms with Crippen molar-refractivity contribution in [3.8, 4) is 11.4 Å². The maximum atomic E-state index is 5.20. The van der Waals surface area contributed by atoms with Crippen LogP contribution in [0.5, 0.6) is 5.75 Å². The lowest BCUT2D eigenvalue weighted by atomic mass is 10.1. The molecule has 1 N–H and O–H groups in total. The summed E-state index contributed by atoms with van der Waals surface area (Å²) in [5.41, 5.74) is 5.10. The molecule has 0 amide bonds. The van der Waals surface area contributed by atoms with E-state index in [1.165, 1.54) is 5.56 Å². The highest BCUT2D eigenvalue weighted by atomic mass is 16.5. The summed E-state index contributed by atoms with van der Waals surface area (Å²) in [6.45, 7) is 0.924. The minimum Gasteiger partial charge on any atom is -0.497 e. The molecule has 0 aliphatic heterocycles. The summed E-state index contributed by atoms with van der Waals surface area (Å²) in [6.07, 6.45) is 2.16. The highest BCUT2D eigenvalue weighted by Gasteiger charge is 2.06. The van der Waals surface area contributed by atoms with Gasteiger partial charge < -0.3 is 10.1 Å². The third kappa shape index (κ3) is 4.08. The van der Waals surface area contributed by atoms with Crippen LogP contribution in [0.1, 0.15) is 12.0 Å². The van der Waals surface area contributed by atoms with E-state index < -0.39 is 0 Å². The number of hydrogen-bond donors (Lipinski definition) is 1. The third-order valence-electron chi connectivity index (χ3n) is 4.50. The number of hydrogen-bond acceptors (Lipinski definition) is 4. The van der Waals surface area contributed by atoms with E-state index in [0.29, 0.717) is 0 Å². The van der Waals surface area contributed by atoms with Gasteiger partial charge in [0.2, 0.25) is 0 Å². The van der Waals surface area contributed by atoms with Crippen molar-refractivity contribution in [1.29, 1.82) is 0 Å². The number of nitrogens with one attached hydrogen (secondary N) is 1. The quantitative estimate of drug-likeness (QED) is 0.495. The second kappa shape index (κ2) is 7.91. The molecule has 1 heterocycles. The Kier molecular flexibility index (Phi) is 5.01. The van der Waals surface area contributed by atoms with Crippen molar-refractivity contribution in [3.63, 3.8) is 0 Å². The maximum Gasteiger partial charge on any atom is 0.119 e. The van der Waals surface area contributed by atoms with Crippen LogP contribution >= 0.6 is 0 Å². The summed E-state index contributed by atoms with van der Waals surface area (Å²) >= 11 is 0. The van der Waals surface area contributed by atoms with E-state index in [4.69, 9.17) is 4.74 Å². The fraction of sp³-hybridized carbons (Fsp3) is 0.182. The molecule has 0 atom stereocenters. The number of aryl methyl sites for hydroxylation is 1. The zero-order valence-electron chi connectivity index (χ0n) is 15.3. The molecule has 0 spiro atoms. The molecule has 0 saturated heterocycles. The number of ether oxygens (including phenoxy) is 1. The van der Waals surface area contributed by atoms with Gasteiger partial charge >= 0.3 is 0 Å². The van der Waals surface area contributed by atoms with E-state index in [9.17, 15) is 0 Å². The van der Waals surface area contributed by atoms with Crippen LogP contribution in [0, 0.1) is 0 Å². The first kappa shape index (κ1) is 17.1. The van der Waals surface area contributed by atoms with Crippen molar-refractivity contribution in [2.75, 3.05) is 19.0 Å². The van der Waals surface area contributed by atoms with Crippen LogP contribution in [0.2, 0.25) is 0 Å².